The van der Waals surface area contributed by atoms with Crippen LogP contribution in [0.2, 0.25) is 0 Å². The number of methoxy groups -OCH3 is 1. The summed E-state index contributed by atoms with van der Waals surface area (Å²) in [5, 5.41) is 0. The van der Waals surface area contributed by atoms with Gasteiger partial charge in [-0.2, -0.15) is 11.8 Å². The average Bonchev–Trinajstić information content (AvgIpc) is 2.46. The molecule has 4 heteroatoms. The molecule has 18 heavy (non-hydrogen) atoms. The highest BCUT2D eigenvalue weighted by molar-refractivity contribution is 7.99. The molecule has 3 nitrogen and oxygen atoms in total. The van der Waals surface area contributed by atoms with Crippen molar-refractivity contribution in [2.24, 2.45) is 5.73 Å². The van der Waals surface area contributed by atoms with Crippen LogP contribution in [-0.2, 0) is 0 Å². The number of hydrogen-bond acceptors (Lipinski definition) is 4. The topological polar surface area (TPSA) is 52.3 Å². The van der Waals surface area contributed by atoms with E-state index in [1.165, 1.54) is 29.9 Å². The van der Waals surface area contributed by atoms with E-state index in [-0.39, 0.29) is 12.3 Å². The van der Waals surface area contributed by atoms with Crippen molar-refractivity contribution in [3.63, 3.8) is 0 Å². The molecule has 98 valence electrons. The molecule has 1 fully saturated rings. The van der Waals surface area contributed by atoms with Crippen LogP contribution in [-0.4, -0.2) is 30.9 Å². The van der Waals surface area contributed by atoms with Gasteiger partial charge in [-0.1, -0.05) is 6.07 Å². The molecule has 0 unspecified atom stereocenters. The maximum atomic E-state index is 11.8. The minimum atomic E-state index is -0.0566. The third-order valence-electron chi connectivity index (χ3n) is 3.40. The van der Waals surface area contributed by atoms with E-state index in [4.69, 9.17) is 10.5 Å². The number of hydrogen-bond donors (Lipinski definition) is 1. The number of benzene rings is 1. The van der Waals surface area contributed by atoms with Crippen LogP contribution in [0.5, 0.6) is 5.75 Å². The Bertz CT molecular complexity index is 428. The summed E-state index contributed by atoms with van der Waals surface area (Å²) in [5.41, 5.74) is 7.31. The number of carbonyl (C=O) groups is 1. The minimum Gasteiger partial charge on any atom is -0.496 e. The third-order valence-corrected chi connectivity index (χ3v) is 4.45. The van der Waals surface area contributed by atoms with Gasteiger partial charge < -0.3 is 10.5 Å². The summed E-state index contributed by atoms with van der Waals surface area (Å²) >= 11 is 2.00. The Morgan fingerprint density at radius 3 is 2.78 bits per heavy atom. The van der Waals surface area contributed by atoms with E-state index in [9.17, 15) is 4.79 Å². The van der Waals surface area contributed by atoms with Crippen molar-refractivity contribution in [3.05, 3.63) is 29.3 Å². The smallest absolute Gasteiger partial charge is 0.180 e. The van der Waals surface area contributed by atoms with Crippen LogP contribution in [0, 0.1) is 0 Å². The van der Waals surface area contributed by atoms with E-state index in [1.807, 2.05) is 23.9 Å². The first kappa shape index (κ1) is 13.4. The van der Waals surface area contributed by atoms with Crippen molar-refractivity contribution in [1.29, 1.82) is 0 Å². The molecule has 0 aromatic heterocycles. The van der Waals surface area contributed by atoms with Gasteiger partial charge in [0.05, 0.1) is 19.2 Å². The Balaban J connectivity index is 2.29. The molecule has 1 aliphatic rings. The summed E-state index contributed by atoms with van der Waals surface area (Å²) in [6.45, 7) is 0.0281. The number of ether oxygens (including phenoxy) is 1. The van der Waals surface area contributed by atoms with Crippen LogP contribution in [0.4, 0.5) is 0 Å². The Hall–Kier alpha value is -1.00. The van der Waals surface area contributed by atoms with Gasteiger partial charge in [-0.3, -0.25) is 4.79 Å². The lowest BCUT2D eigenvalue weighted by Gasteiger charge is -2.22. The number of carbonyl (C=O) groups excluding carboxylic acids is 1. The highest BCUT2D eigenvalue weighted by atomic mass is 32.2. The standard InChI is InChI=1S/C14H19NO2S/c1-17-14-3-2-11(8-12(14)13(16)9-15)10-4-6-18-7-5-10/h2-3,8,10H,4-7,9,15H2,1H3. The van der Waals surface area contributed by atoms with Crippen LogP contribution >= 0.6 is 11.8 Å². The SMILES string of the molecule is COc1ccc(C2CCSCC2)cc1C(=O)CN. The molecule has 0 atom stereocenters. The third kappa shape index (κ3) is 2.87. The lowest BCUT2D eigenvalue weighted by atomic mass is 9.91. The molecule has 0 radical (unpaired) electrons. The quantitative estimate of drug-likeness (QED) is 0.850. The summed E-state index contributed by atoms with van der Waals surface area (Å²) in [4.78, 5) is 11.8. The number of nitrogens with two attached hydrogens (primary N) is 1. The van der Waals surface area contributed by atoms with Gasteiger partial charge in [-0.25, -0.2) is 0 Å². The molecule has 0 amide bonds. The Morgan fingerprint density at radius 2 is 2.17 bits per heavy atom. The van der Waals surface area contributed by atoms with Gasteiger partial charge in [0.25, 0.3) is 0 Å². The van der Waals surface area contributed by atoms with Gasteiger partial charge in [0.1, 0.15) is 5.75 Å². The largest absolute Gasteiger partial charge is 0.496 e. The molecule has 0 bridgehead atoms. The Kier molecular flexibility index (Phi) is 4.66. The van der Waals surface area contributed by atoms with E-state index in [1.54, 1.807) is 7.11 Å². The van der Waals surface area contributed by atoms with Crippen molar-refractivity contribution in [3.8, 4) is 5.75 Å². The first-order valence-electron chi connectivity index (χ1n) is 6.25. The fourth-order valence-electron chi connectivity index (χ4n) is 2.34. The maximum absolute atomic E-state index is 11.8. The van der Waals surface area contributed by atoms with Gasteiger partial charge in [0, 0.05) is 0 Å². The summed E-state index contributed by atoms with van der Waals surface area (Å²) in [6, 6.07) is 5.93. The zero-order valence-electron chi connectivity index (χ0n) is 10.6. The fourth-order valence-corrected chi connectivity index (χ4v) is 3.44. The second kappa shape index (κ2) is 6.25. The zero-order valence-corrected chi connectivity index (χ0v) is 11.5. The van der Waals surface area contributed by atoms with Crippen molar-refractivity contribution in [1.82, 2.24) is 0 Å². The molecule has 2 rings (SSSR count). The molecular weight excluding hydrogens is 246 g/mol. The van der Waals surface area contributed by atoms with Crippen LogP contribution in [0.25, 0.3) is 0 Å². The van der Waals surface area contributed by atoms with Gasteiger partial charge in [0.15, 0.2) is 5.78 Å². The molecule has 0 spiro atoms. The van der Waals surface area contributed by atoms with Crippen LogP contribution in [0.3, 0.4) is 0 Å². The summed E-state index contributed by atoms with van der Waals surface area (Å²) in [5.74, 6) is 3.55. The molecule has 1 aromatic carbocycles. The van der Waals surface area contributed by atoms with E-state index >= 15 is 0 Å². The van der Waals surface area contributed by atoms with Crippen LogP contribution < -0.4 is 10.5 Å². The van der Waals surface area contributed by atoms with E-state index in [0.29, 0.717) is 17.2 Å². The number of Topliss-reactive ketones (excluding diaryl/α,β-unsaturated/α-hetero) is 1. The predicted octanol–water partition coefficient (Wildman–Crippen LogP) is 2.45. The summed E-state index contributed by atoms with van der Waals surface area (Å²) in [6.07, 6.45) is 2.38. The van der Waals surface area contributed by atoms with Crippen LogP contribution in [0.1, 0.15) is 34.7 Å². The first-order chi connectivity index (χ1) is 8.76. The molecule has 2 N–H and O–H groups in total. The van der Waals surface area contributed by atoms with Gasteiger partial charge >= 0.3 is 0 Å². The summed E-state index contributed by atoms with van der Waals surface area (Å²) < 4.78 is 5.23. The molecular formula is C14H19NO2S. The second-order valence-corrected chi connectivity index (χ2v) is 5.70. The molecule has 1 aliphatic heterocycles. The van der Waals surface area contributed by atoms with E-state index < -0.39 is 0 Å². The monoisotopic (exact) mass is 265 g/mol. The molecule has 0 aliphatic carbocycles. The Morgan fingerprint density at radius 1 is 1.44 bits per heavy atom. The van der Waals surface area contributed by atoms with Crippen LogP contribution in [0.15, 0.2) is 18.2 Å². The van der Waals surface area contributed by atoms with Gasteiger partial charge in [0.2, 0.25) is 0 Å². The lowest BCUT2D eigenvalue weighted by Crippen LogP contribution is -2.16. The maximum Gasteiger partial charge on any atom is 0.180 e. The summed E-state index contributed by atoms with van der Waals surface area (Å²) in [7, 11) is 1.58. The van der Waals surface area contributed by atoms with Crippen molar-refractivity contribution >= 4 is 17.5 Å². The van der Waals surface area contributed by atoms with E-state index in [0.717, 1.165) is 0 Å². The average molecular weight is 265 g/mol. The van der Waals surface area contributed by atoms with Gasteiger partial charge in [-0.15, -0.1) is 0 Å². The normalized spacial score (nSPS) is 16.6. The van der Waals surface area contributed by atoms with Crippen molar-refractivity contribution < 1.29 is 9.53 Å². The highest BCUT2D eigenvalue weighted by Crippen LogP contribution is 2.33. The number of thioether (sulfide) groups is 1. The first-order valence-corrected chi connectivity index (χ1v) is 7.40. The fraction of sp³-hybridized carbons (Fsp3) is 0.500. The molecule has 1 aromatic rings. The lowest BCUT2D eigenvalue weighted by molar-refractivity contribution is 0.0998. The Labute approximate surface area is 112 Å². The molecule has 1 saturated heterocycles. The van der Waals surface area contributed by atoms with Crippen molar-refractivity contribution in [2.75, 3.05) is 25.2 Å². The zero-order chi connectivity index (χ0) is 13.0. The number of ketones is 1. The van der Waals surface area contributed by atoms with Crippen molar-refractivity contribution in [2.45, 2.75) is 18.8 Å². The molecule has 0 saturated carbocycles. The van der Waals surface area contributed by atoms with Gasteiger partial charge in [-0.05, 0) is 48.0 Å². The number of rotatable bonds is 4. The highest BCUT2D eigenvalue weighted by Gasteiger charge is 2.19. The minimum absolute atomic E-state index is 0.0281. The predicted molar refractivity (Wildman–Crippen MR) is 75.7 cm³/mol. The molecule has 1 heterocycles. The van der Waals surface area contributed by atoms with E-state index in [2.05, 4.69) is 6.07 Å². The second-order valence-electron chi connectivity index (χ2n) is 4.47.